The van der Waals surface area contributed by atoms with Gasteiger partial charge in [0, 0.05) is 5.56 Å². The molecule has 3 aromatic carbocycles. The molecule has 43 heavy (non-hydrogen) atoms. The van der Waals surface area contributed by atoms with Crippen LogP contribution in [-0.2, 0) is 20.9 Å². The minimum atomic E-state index is -1.11. The molecule has 5 rings (SSSR count). The second kappa shape index (κ2) is 12.6. The molecule has 0 aliphatic carbocycles. The van der Waals surface area contributed by atoms with Gasteiger partial charge in [0.05, 0.1) is 34.0 Å². The summed E-state index contributed by atoms with van der Waals surface area (Å²) in [6.45, 7) is 5.58. The predicted octanol–water partition coefficient (Wildman–Crippen LogP) is 7.45. The Balaban J connectivity index is 1.59. The molecular formula is C32H26Cl2N2O6S. The number of ketones is 1. The number of anilines is 1. The Morgan fingerprint density at radius 1 is 1.02 bits per heavy atom. The number of amides is 1. The normalized spacial score (nSPS) is 16.0. The molecule has 8 nitrogen and oxygen atoms in total. The predicted molar refractivity (Wildman–Crippen MR) is 166 cm³/mol. The fourth-order valence-corrected chi connectivity index (χ4v) is 6.07. The summed E-state index contributed by atoms with van der Waals surface area (Å²) in [6, 6.07) is 18.3. The summed E-state index contributed by atoms with van der Waals surface area (Å²) in [5.74, 6) is -2.21. The Labute approximate surface area is 262 Å². The van der Waals surface area contributed by atoms with Crippen LogP contribution in [0.4, 0.5) is 5.13 Å². The van der Waals surface area contributed by atoms with E-state index in [1.165, 1.54) is 11.0 Å². The summed E-state index contributed by atoms with van der Waals surface area (Å²) in [5, 5.41) is 12.2. The molecule has 2 heterocycles. The Hall–Kier alpha value is -4.18. The number of Topliss-reactive ketones (excluding diaryl/α,β-unsaturated/α-hetero) is 1. The topological polar surface area (TPSA) is 106 Å². The number of thiazole rings is 1. The number of aryl methyl sites for hydroxylation is 2. The number of aromatic nitrogens is 1. The van der Waals surface area contributed by atoms with Crippen LogP contribution < -0.4 is 9.64 Å². The number of esters is 1. The third-order valence-corrected chi connectivity index (χ3v) is 8.73. The highest BCUT2D eigenvalue weighted by atomic mass is 35.5. The average Bonchev–Trinajstić information content (AvgIpc) is 3.50. The maximum atomic E-state index is 13.6. The lowest BCUT2D eigenvalue weighted by Gasteiger charge is -2.23. The van der Waals surface area contributed by atoms with Gasteiger partial charge in [0.2, 0.25) is 0 Å². The monoisotopic (exact) mass is 636 g/mol. The van der Waals surface area contributed by atoms with Gasteiger partial charge in [-0.15, -0.1) is 0 Å². The Kier molecular flexibility index (Phi) is 8.87. The SMILES string of the molecule is CCOC(=O)c1sc(N2C(=O)C(=O)/C(=C(/O)c3ccc(OCc4ccccc4)cc3C)[C@@H]2c2ccc(Cl)c(Cl)c2)nc1C. The lowest BCUT2D eigenvalue weighted by atomic mass is 9.94. The molecule has 0 unspecified atom stereocenters. The highest BCUT2D eigenvalue weighted by Crippen LogP contribution is 2.45. The molecule has 1 fully saturated rings. The summed E-state index contributed by atoms with van der Waals surface area (Å²) in [4.78, 5) is 45.5. The highest BCUT2D eigenvalue weighted by Gasteiger charge is 2.48. The zero-order valence-electron chi connectivity index (χ0n) is 23.4. The van der Waals surface area contributed by atoms with Gasteiger partial charge < -0.3 is 14.6 Å². The van der Waals surface area contributed by atoms with Crippen LogP contribution in [-0.4, -0.2) is 34.4 Å². The van der Waals surface area contributed by atoms with Gasteiger partial charge in [-0.05, 0) is 67.8 Å². The van der Waals surface area contributed by atoms with Crippen molar-refractivity contribution in [2.75, 3.05) is 11.5 Å². The van der Waals surface area contributed by atoms with E-state index >= 15 is 0 Å². The maximum Gasteiger partial charge on any atom is 0.350 e. The van der Waals surface area contributed by atoms with Gasteiger partial charge in [-0.25, -0.2) is 9.78 Å². The van der Waals surface area contributed by atoms with Gasteiger partial charge in [-0.2, -0.15) is 0 Å². The summed E-state index contributed by atoms with van der Waals surface area (Å²) < 4.78 is 11.0. The zero-order valence-corrected chi connectivity index (χ0v) is 25.7. The Bertz CT molecular complexity index is 1770. The molecule has 0 saturated carbocycles. The van der Waals surface area contributed by atoms with Crippen LogP contribution in [0.2, 0.25) is 10.0 Å². The fourth-order valence-electron chi connectivity index (χ4n) is 4.78. The van der Waals surface area contributed by atoms with Crippen LogP contribution in [0, 0.1) is 13.8 Å². The largest absolute Gasteiger partial charge is 0.507 e. The number of carbonyl (C=O) groups is 3. The number of benzene rings is 3. The summed E-state index contributed by atoms with van der Waals surface area (Å²) in [6.07, 6.45) is 0. The molecule has 220 valence electrons. The standard InChI is InChI=1S/C32H26Cl2N2O6S/c1-4-41-31(40)29-18(3)35-32(43-29)36-26(20-10-13-23(33)24(34)15-20)25(28(38)30(36)39)27(37)22-12-11-21(14-17(22)2)42-16-19-8-6-5-7-9-19/h5-15,26,37H,4,16H2,1-3H3/b27-25+/t26-/m0/s1. The van der Waals surface area contributed by atoms with Crippen molar-refractivity contribution in [1.82, 2.24) is 4.98 Å². The summed E-state index contributed by atoms with van der Waals surface area (Å²) >= 11 is 13.4. The molecular weight excluding hydrogens is 611 g/mol. The smallest absolute Gasteiger partial charge is 0.350 e. The third-order valence-electron chi connectivity index (χ3n) is 6.86. The van der Waals surface area contributed by atoms with Crippen molar-refractivity contribution in [3.05, 3.63) is 115 Å². The number of carbonyl (C=O) groups excluding carboxylic acids is 3. The molecule has 11 heteroatoms. The minimum absolute atomic E-state index is 0.0964. The molecule has 0 radical (unpaired) electrons. The Morgan fingerprint density at radius 2 is 1.77 bits per heavy atom. The van der Waals surface area contributed by atoms with Gasteiger partial charge in [-0.3, -0.25) is 14.5 Å². The summed E-state index contributed by atoms with van der Waals surface area (Å²) in [5.41, 5.74) is 2.57. The first kappa shape index (κ1) is 30.3. The average molecular weight is 638 g/mol. The second-order valence-corrected chi connectivity index (χ2v) is 11.5. The lowest BCUT2D eigenvalue weighted by molar-refractivity contribution is -0.132. The molecule has 1 saturated heterocycles. The van der Waals surface area contributed by atoms with Crippen LogP contribution in [0.15, 0.2) is 72.3 Å². The van der Waals surface area contributed by atoms with Crippen molar-refractivity contribution in [2.45, 2.75) is 33.4 Å². The van der Waals surface area contributed by atoms with Crippen LogP contribution in [0.25, 0.3) is 5.76 Å². The first-order chi connectivity index (χ1) is 20.6. The number of nitrogens with zero attached hydrogens (tertiary/aromatic N) is 2. The summed E-state index contributed by atoms with van der Waals surface area (Å²) in [7, 11) is 0. The van der Waals surface area contributed by atoms with Gasteiger partial charge in [0.25, 0.3) is 5.78 Å². The van der Waals surface area contributed by atoms with Gasteiger partial charge >= 0.3 is 11.9 Å². The number of ether oxygens (including phenoxy) is 2. The maximum absolute atomic E-state index is 13.6. The first-order valence-electron chi connectivity index (χ1n) is 13.3. The van der Waals surface area contributed by atoms with E-state index in [1.54, 1.807) is 51.1 Å². The van der Waals surface area contributed by atoms with E-state index in [-0.39, 0.29) is 38.0 Å². The van der Waals surface area contributed by atoms with Crippen LogP contribution in [0.5, 0.6) is 5.75 Å². The molecule has 1 aliphatic rings. The second-order valence-electron chi connectivity index (χ2n) is 9.73. The molecule has 0 spiro atoms. The molecule has 1 aliphatic heterocycles. The third kappa shape index (κ3) is 6.01. The van der Waals surface area contributed by atoms with E-state index in [2.05, 4.69) is 4.98 Å². The van der Waals surface area contributed by atoms with E-state index < -0.39 is 23.7 Å². The number of halogens is 2. The number of hydrogen-bond acceptors (Lipinski definition) is 8. The minimum Gasteiger partial charge on any atom is -0.507 e. The van der Waals surface area contributed by atoms with Crippen molar-refractivity contribution in [3.8, 4) is 5.75 Å². The van der Waals surface area contributed by atoms with Crippen molar-refractivity contribution in [3.63, 3.8) is 0 Å². The number of aliphatic hydroxyl groups excluding tert-OH is 1. The van der Waals surface area contributed by atoms with E-state index in [0.29, 0.717) is 34.7 Å². The van der Waals surface area contributed by atoms with Crippen LogP contribution in [0.1, 0.15) is 50.6 Å². The highest BCUT2D eigenvalue weighted by molar-refractivity contribution is 7.17. The van der Waals surface area contributed by atoms with Gasteiger partial charge in [0.1, 0.15) is 23.0 Å². The molecule has 0 bridgehead atoms. The lowest BCUT2D eigenvalue weighted by Crippen LogP contribution is -2.29. The van der Waals surface area contributed by atoms with Crippen molar-refractivity contribution >= 4 is 63.1 Å². The molecule has 1 aromatic heterocycles. The fraction of sp³-hybridized carbons (Fsp3) is 0.188. The zero-order chi connectivity index (χ0) is 30.8. The molecule has 1 atom stereocenters. The molecule has 1 N–H and O–H groups in total. The van der Waals surface area contributed by atoms with Crippen molar-refractivity contribution < 1.29 is 29.0 Å². The van der Waals surface area contributed by atoms with Crippen molar-refractivity contribution in [1.29, 1.82) is 0 Å². The van der Waals surface area contributed by atoms with Crippen LogP contribution in [0.3, 0.4) is 0 Å². The van der Waals surface area contributed by atoms with Gasteiger partial charge in [-0.1, -0.05) is 70.9 Å². The molecule has 1 amide bonds. The van der Waals surface area contributed by atoms with E-state index in [1.807, 2.05) is 30.3 Å². The van der Waals surface area contributed by atoms with E-state index in [9.17, 15) is 19.5 Å². The first-order valence-corrected chi connectivity index (χ1v) is 14.9. The van der Waals surface area contributed by atoms with Crippen LogP contribution >= 0.6 is 34.5 Å². The quantitative estimate of drug-likeness (QED) is 0.0926. The number of hydrogen-bond donors (Lipinski definition) is 1. The number of rotatable bonds is 8. The van der Waals surface area contributed by atoms with E-state index in [0.717, 1.165) is 16.9 Å². The van der Waals surface area contributed by atoms with E-state index in [4.69, 9.17) is 32.7 Å². The molecule has 4 aromatic rings. The number of aliphatic hydroxyl groups is 1. The van der Waals surface area contributed by atoms with Crippen molar-refractivity contribution in [2.24, 2.45) is 0 Å². The van der Waals surface area contributed by atoms with Gasteiger partial charge in [0.15, 0.2) is 5.13 Å². The Morgan fingerprint density at radius 3 is 2.44 bits per heavy atom.